The Morgan fingerprint density at radius 2 is 0.841 bits per heavy atom. The van der Waals surface area contributed by atoms with Crippen LogP contribution in [-0.4, -0.2) is 197 Å². The predicted molar refractivity (Wildman–Crippen MR) is 304 cm³/mol. The van der Waals surface area contributed by atoms with Crippen LogP contribution in [0, 0.1) is 0 Å². The van der Waals surface area contributed by atoms with Gasteiger partial charge in [0.2, 0.25) is 11.9 Å². The number of anilines is 4. The number of ether oxygens (including phenoxy) is 4. The zero-order valence-corrected chi connectivity index (χ0v) is 50.6. The summed E-state index contributed by atoms with van der Waals surface area (Å²) in [7, 11) is 0. The highest BCUT2D eigenvalue weighted by Gasteiger charge is 2.54. The van der Waals surface area contributed by atoms with Crippen molar-refractivity contribution < 1.29 is 83.5 Å². The predicted octanol–water partition coefficient (Wildman–Crippen LogP) is -1.41. The van der Waals surface area contributed by atoms with Crippen molar-refractivity contribution in [3.8, 4) is 0 Å². The Labute approximate surface area is 506 Å². The van der Waals surface area contributed by atoms with Crippen LogP contribution in [-0.2, 0) is 102 Å². The highest BCUT2D eigenvalue weighted by Crippen LogP contribution is 2.56. The van der Waals surface area contributed by atoms with E-state index in [-0.39, 0.29) is 94.0 Å². The standard InChI is InChI=1S/2C19H22FN11O9P2S2/c2*20-10-13-9(38-18(10)30-14-11(26-28-30)7(21)1-2-23-14)5-36-41(33,43)39-8-3-6(4-35-42(34,44)40-13)37-17(8)31-15-12(27-29-31)16(32)25-19(22)24-15/h2*1-2,6,8-10,13,17-18H,3-5H2,(H2,21,23)(H,33,43)(H,34,44)(H3,22,24,25,32)/t2*6-,8+,9+,10-,13+,17+,18+,41?,42?/m00/s1. The number of halogens is 2. The summed E-state index contributed by atoms with van der Waals surface area (Å²) in [5, 5.41) is 31.3. The summed E-state index contributed by atoms with van der Waals surface area (Å²) >= 11 is 20.9. The smallest absolute Gasteiger partial charge is 0.325 e. The summed E-state index contributed by atoms with van der Waals surface area (Å²) < 4.78 is 105. The van der Waals surface area contributed by atoms with Crippen molar-refractivity contribution in [3.63, 3.8) is 0 Å². The summed E-state index contributed by atoms with van der Waals surface area (Å²) in [4.78, 5) is 89.5. The van der Waals surface area contributed by atoms with Gasteiger partial charge in [-0.1, -0.05) is 20.9 Å². The molecule has 0 saturated carbocycles. The van der Waals surface area contributed by atoms with Gasteiger partial charge < -0.3 is 88.6 Å². The number of nitrogens with two attached hydrogens (primary N) is 4. The van der Waals surface area contributed by atoms with Crippen molar-refractivity contribution in [1.29, 1.82) is 0 Å². The first-order valence-electron chi connectivity index (χ1n) is 25.4. The van der Waals surface area contributed by atoms with Gasteiger partial charge in [-0.05, 0) is 59.4 Å². The topological polar surface area (TPSA) is 536 Å². The van der Waals surface area contributed by atoms with E-state index in [1.807, 2.05) is 0 Å². The van der Waals surface area contributed by atoms with Gasteiger partial charge in [0, 0.05) is 25.2 Å². The molecular weight excluding hydrogens is 1340 g/mol. The maximum absolute atomic E-state index is 16.0. The summed E-state index contributed by atoms with van der Waals surface area (Å²) in [6.45, 7) is -18.3. The second-order valence-electron chi connectivity index (χ2n) is 19.8. The lowest BCUT2D eigenvalue weighted by Gasteiger charge is -2.27. The first kappa shape index (κ1) is 61.5. The molecule has 18 atom stereocenters. The van der Waals surface area contributed by atoms with Crippen LogP contribution in [0.5, 0.6) is 0 Å². The van der Waals surface area contributed by atoms with E-state index in [4.69, 9.17) is 125 Å². The van der Waals surface area contributed by atoms with E-state index >= 15 is 8.78 Å². The third-order valence-corrected chi connectivity index (χ3v) is 20.3. The molecule has 4 bridgehead atoms. The van der Waals surface area contributed by atoms with Gasteiger partial charge in [-0.15, -0.1) is 20.4 Å². The average molecular weight is 1390 g/mol. The molecule has 0 amide bonds. The SMILES string of the molecule is Nc1nc2c(nnn2[C@@H]2O[C@@H]3COP(O)(=S)O[C@H]4[C@H](F)[C@H](n5nnc6c(N)ccnc65)O[C@@H]4COP(O)(=S)O[C@@H]2C3)c(=O)[nH]1.Nc1nc2c(nnn2[C@@H]2O[C@@H]3COP(O)(=S)O[C@H]4[C@H](F)[C@H](n5nnc6c(N)ccnc65)O[C@@H]4COP(O)(=S)O[C@@H]2C3)c(=O)[nH]1. The maximum atomic E-state index is 16.0. The van der Waals surface area contributed by atoms with Crippen molar-refractivity contribution in [2.24, 2.45) is 0 Å². The van der Waals surface area contributed by atoms with E-state index in [2.05, 4.69) is 71.2 Å². The molecule has 0 spiro atoms. The van der Waals surface area contributed by atoms with Gasteiger partial charge >= 0.3 is 26.9 Å². The van der Waals surface area contributed by atoms with Crippen LogP contribution in [0.2, 0.25) is 0 Å². The van der Waals surface area contributed by atoms with E-state index in [1.54, 1.807) is 0 Å². The number of hydrogen-bond donors (Lipinski definition) is 10. The summed E-state index contributed by atoms with van der Waals surface area (Å²) in [6.07, 6.45) is -15.9. The Kier molecular flexibility index (Phi) is 16.4. The van der Waals surface area contributed by atoms with Crippen LogP contribution in [0.15, 0.2) is 34.1 Å². The van der Waals surface area contributed by atoms with Crippen LogP contribution in [0.4, 0.5) is 32.1 Å². The largest absolute Gasteiger partial charge is 0.397 e. The number of H-pyrrole nitrogens is 2. The van der Waals surface area contributed by atoms with Gasteiger partial charge in [-0.3, -0.25) is 28.6 Å². The molecule has 0 aromatic carbocycles. The van der Waals surface area contributed by atoms with Gasteiger partial charge in [0.15, 0.2) is 81.9 Å². The molecular formula is C38H44F2N22O18P4S4. The van der Waals surface area contributed by atoms with Gasteiger partial charge in [0.05, 0.1) is 50.0 Å². The molecule has 14 N–H and O–H groups in total. The first-order valence-corrected chi connectivity index (χ1v) is 35.8. The molecule has 6 aliphatic rings. The van der Waals surface area contributed by atoms with Crippen LogP contribution in [0.3, 0.4) is 0 Å². The van der Waals surface area contributed by atoms with Gasteiger partial charge in [0.1, 0.15) is 36.6 Å². The van der Waals surface area contributed by atoms with Crippen LogP contribution in [0.25, 0.3) is 44.7 Å². The Hall–Kier alpha value is -5.32. The second kappa shape index (κ2) is 23.4. The molecule has 4 unspecified atom stereocenters. The van der Waals surface area contributed by atoms with Gasteiger partial charge in [-0.25, -0.2) is 18.7 Å². The highest BCUT2D eigenvalue weighted by atomic mass is 32.5. The third kappa shape index (κ3) is 12.0. The monoisotopic (exact) mass is 1390 g/mol. The number of alkyl halides is 2. The molecule has 8 aromatic heterocycles. The number of aromatic amines is 2. The Bertz CT molecular complexity index is 4100. The number of fused-ring (bicyclic) bond motifs is 10. The molecule has 8 aromatic rings. The lowest BCUT2D eigenvalue weighted by Crippen LogP contribution is -2.34. The molecule has 50 heteroatoms. The van der Waals surface area contributed by atoms with Crippen molar-refractivity contribution in [2.75, 3.05) is 49.4 Å². The van der Waals surface area contributed by atoms with Crippen molar-refractivity contribution in [1.82, 2.24) is 89.9 Å². The number of nitrogen functional groups attached to an aromatic ring is 4. The quantitative estimate of drug-likeness (QED) is 0.0905. The Balaban J connectivity index is 0.000000162. The maximum Gasteiger partial charge on any atom is 0.325 e. The first-order chi connectivity index (χ1) is 41.8. The summed E-state index contributed by atoms with van der Waals surface area (Å²) in [5.41, 5.74) is 22.8. The molecule has 14 heterocycles. The molecule has 472 valence electrons. The molecule has 40 nitrogen and oxygen atoms in total. The zero-order chi connectivity index (χ0) is 61.9. The molecule has 14 rings (SSSR count). The van der Waals surface area contributed by atoms with E-state index in [0.717, 1.165) is 18.7 Å². The minimum absolute atomic E-state index is 0.0228. The fourth-order valence-electron chi connectivity index (χ4n) is 10.2. The van der Waals surface area contributed by atoms with Crippen molar-refractivity contribution in [3.05, 3.63) is 45.2 Å². The number of pyridine rings is 2. The van der Waals surface area contributed by atoms with E-state index < -0.39 is 137 Å². The molecule has 0 aliphatic carbocycles. The fraction of sp³-hybridized carbons (Fsp3) is 0.526. The number of nitrogens with one attached hydrogen (secondary N) is 2. The molecule has 88 heavy (non-hydrogen) atoms. The number of nitrogens with zero attached hydrogens (tertiary/aromatic N) is 16. The van der Waals surface area contributed by atoms with Crippen molar-refractivity contribution >= 4 is 142 Å². The average Bonchev–Trinajstić information content (AvgIpc) is 1.87. The van der Waals surface area contributed by atoms with Gasteiger partial charge in [-0.2, -0.15) is 28.7 Å². The van der Waals surface area contributed by atoms with Crippen LogP contribution in [0.1, 0.15) is 37.8 Å². The van der Waals surface area contributed by atoms with E-state index in [9.17, 15) is 29.2 Å². The third-order valence-electron chi connectivity index (χ3n) is 14.0. The number of hydrogen-bond acceptors (Lipinski definition) is 34. The van der Waals surface area contributed by atoms with Crippen LogP contribution < -0.4 is 34.1 Å². The molecule has 6 fully saturated rings. The summed E-state index contributed by atoms with van der Waals surface area (Å²) in [5.74, 6) is -0.406. The Morgan fingerprint density at radius 3 is 1.24 bits per heavy atom. The van der Waals surface area contributed by atoms with Crippen LogP contribution >= 0.6 is 26.9 Å². The minimum Gasteiger partial charge on any atom is -0.397 e. The lowest BCUT2D eigenvalue weighted by atomic mass is 10.1. The molecule has 0 radical (unpaired) electrons. The van der Waals surface area contributed by atoms with Crippen molar-refractivity contribution in [2.45, 2.75) is 98.9 Å². The normalized spacial score (nSPS) is 36.6. The zero-order valence-electron chi connectivity index (χ0n) is 43.8. The minimum atomic E-state index is -4.15. The number of aromatic nitrogens is 18. The molecule has 6 saturated heterocycles. The highest BCUT2D eigenvalue weighted by molar-refractivity contribution is 8.08. The Morgan fingerprint density at radius 1 is 0.489 bits per heavy atom. The lowest BCUT2D eigenvalue weighted by molar-refractivity contribution is -0.0651. The summed E-state index contributed by atoms with van der Waals surface area (Å²) in [6, 6.07) is 3.00. The van der Waals surface area contributed by atoms with Gasteiger partial charge in [0.25, 0.3) is 11.1 Å². The fourth-order valence-corrected chi connectivity index (χ4v) is 16.0. The molecule has 6 aliphatic heterocycles. The number of rotatable bonds is 4. The van der Waals surface area contributed by atoms with E-state index in [0.29, 0.717) is 0 Å². The van der Waals surface area contributed by atoms with E-state index in [1.165, 1.54) is 24.5 Å². The second-order valence-corrected chi connectivity index (χ2v) is 31.0.